The summed E-state index contributed by atoms with van der Waals surface area (Å²) in [5.41, 5.74) is 1.40. The summed E-state index contributed by atoms with van der Waals surface area (Å²) in [7, 11) is 0. The summed E-state index contributed by atoms with van der Waals surface area (Å²) in [6, 6.07) is 13.0. The number of para-hydroxylation sites is 1. The maximum Gasteiger partial charge on any atom is 0.387 e. The van der Waals surface area contributed by atoms with Gasteiger partial charge in [0.05, 0.1) is 0 Å². The van der Waals surface area contributed by atoms with Gasteiger partial charge in [-0.25, -0.2) is 0 Å². The first-order valence-electron chi connectivity index (χ1n) is 8.45. The fourth-order valence-corrected chi connectivity index (χ4v) is 2.37. The summed E-state index contributed by atoms with van der Waals surface area (Å²) in [5, 5.41) is 5.53. The van der Waals surface area contributed by atoms with E-state index in [0.717, 1.165) is 12.8 Å². The number of nitrogens with one attached hydrogen (secondary N) is 2. The van der Waals surface area contributed by atoms with E-state index in [1.807, 2.05) is 0 Å². The number of anilines is 1. The molecule has 2 aromatic rings. The molecule has 1 aliphatic carbocycles. The zero-order valence-corrected chi connectivity index (χ0v) is 14.3. The third kappa shape index (κ3) is 5.64. The Morgan fingerprint density at radius 1 is 1.07 bits per heavy atom. The molecule has 0 radical (unpaired) electrons. The molecular weight excluding hydrogens is 354 g/mol. The van der Waals surface area contributed by atoms with E-state index >= 15 is 0 Å². The standard InChI is InChI=1S/C20H18F2N2O3/c21-20(22)27-17-4-2-1-3-13(17)7-12-18(25)23-15-8-5-14(6-9-15)19(26)24-16-10-11-16/h1-9,12,16,20H,10-11H2,(H,23,25)(H,24,26). The van der Waals surface area contributed by atoms with Gasteiger partial charge < -0.3 is 15.4 Å². The van der Waals surface area contributed by atoms with Gasteiger partial charge in [0.25, 0.3) is 5.91 Å². The molecule has 2 aromatic carbocycles. The smallest absolute Gasteiger partial charge is 0.387 e. The van der Waals surface area contributed by atoms with Crippen molar-refractivity contribution < 1.29 is 23.1 Å². The van der Waals surface area contributed by atoms with E-state index in [-0.39, 0.29) is 17.7 Å². The van der Waals surface area contributed by atoms with Crippen LogP contribution in [0.3, 0.4) is 0 Å². The molecule has 1 fully saturated rings. The zero-order valence-electron chi connectivity index (χ0n) is 14.3. The Bertz CT molecular complexity index is 847. The number of rotatable bonds is 7. The van der Waals surface area contributed by atoms with Gasteiger partial charge in [0.2, 0.25) is 5.91 Å². The van der Waals surface area contributed by atoms with Crippen LogP contribution in [0, 0.1) is 0 Å². The molecule has 27 heavy (non-hydrogen) atoms. The normalized spacial score (nSPS) is 13.6. The average Bonchev–Trinajstić information content (AvgIpc) is 3.45. The van der Waals surface area contributed by atoms with Crippen molar-refractivity contribution in [3.8, 4) is 5.75 Å². The van der Waals surface area contributed by atoms with Crippen molar-refractivity contribution in [3.63, 3.8) is 0 Å². The van der Waals surface area contributed by atoms with Crippen LogP contribution in [-0.2, 0) is 4.79 Å². The van der Waals surface area contributed by atoms with Crippen LogP contribution < -0.4 is 15.4 Å². The molecule has 0 atom stereocenters. The summed E-state index contributed by atoms with van der Waals surface area (Å²) in [5.74, 6) is -0.578. The number of carbonyl (C=O) groups excluding carboxylic acids is 2. The van der Waals surface area contributed by atoms with Crippen LogP contribution in [0.5, 0.6) is 5.75 Å². The zero-order chi connectivity index (χ0) is 19.2. The van der Waals surface area contributed by atoms with Gasteiger partial charge in [0.1, 0.15) is 5.75 Å². The molecule has 0 spiro atoms. The first-order valence-corrected chi connectivity index (χ1v) is 8.45. The van der Waals surface area contributed by atoms with Crippen molar-refractivity contribution in [1.82, 2.24) is 5.32 Å². The molecule has 1 saturated carbocycles. The summed E-state index contributed by atoms with van der Waals surface area (Å²) in [6.45, 7) is -2.94. The summed E-state index contributed by atoms with van der Waals surface area (Å²) >= 11 is 0. The number of alkyl halides is 2. The van der Waals surface area contributed by atoms with Gasteiger partial charge in [-0.15, -0.1) is 0 Å². The summed E-state index contributed by atoms with van der Waals surface area (Å²) in [6.07, 6.45) is 4.64. The van der Waals surface area contributed by atoms with E-state index in [1.165, 1.54) is 18.2 Å². The van der Waals surface area contributed by atoms with Crippen LogP contribution in [-0.4, -0.2) is 24.5 Å². The average molecular weight is 372 g/mol. The molecule has 2 N–H and O–H groups in total. The molecule has 3 rings (SSSR count). The van der Waals surface area contributed by atoms with E-state index in [1.54, 1.807) is 42.5 Å². The topological polar surface area (TPSA) is 67.4 Å². The second-order valence-corrected chi connectivity index (χ2v) is 6.06. The third-order valence-corrected chi connectivity index (χ3v) is 3.88. The highest BCUT2D eigenvalue weighted by Gasteiger charge is 2.23. The lowest BCUT2D eigenvalue weighted by Crippen LogP contribution is -2.25. The van der Waals surface area contributed by atoms with Crippen molar-refractivity contribution in [2.24, 2.45) is 0 Å². The predicted molar refractivity (Wildman–Crippen MR) is 97.7 cm³/mol. The van der Waals surface area contributed by atoms with Gasteiger partial charge >= 0.3 is 6.61 Å². The molecule has 0 unspecified atom stereocenters. The maximum atomic E-state index is 12.4. The van der Waals surface area contributed by atoms with Crippen LogP contribution in [0.25, 0.3) is 6.08 Å². The molecule has 0 aliphatic heterocycles. The van der Waals surface area contributed by atoms with Crippen LogP contribution in [0.15, 0.2) is 54.6 Å². The molecule has 0 aromatic heterocycles. The van der Waals surface area contributed by atoms with Gasteiger partial charge in [-0.2, -0.15) is 8.78 Å². The van der Waals surface area contributed by atoms with Crippen molar-refractivity contribution in [2.45, 2.75) is 25.5 Å². The Balaban J connectivity index is 1.59. The highest BCUT2D eigenvalue weighted by molar-refractivity contribution is 6.02. The Labute approximate surface area is 155 Å². The van der Waals surface area contributed by atoms with Crippen LogP contribution in [0.1, 0.15) is 28.8 Å². The summed E-state index contributed by atoms with van der Waals surface area (Å²) < 4.78 is 29.2. The quantitative estimate of drug-likeness (QED) is 0.726. The minimum atomic E-state index is -2.94. The molecule has 0 bridgehead atoms. The molecule has 0 saturated heterocycles. The molecular formula is C20H18F2N2O3. The Kier molecular flexibility index (Phi) is 5.80. The van der Waals surface area contributed by atoms with Gasteiger partial charge in [-0.05, 0) is 49.2 Å². The number of carbonyl (C=O) groups is 2. The minimum absolute atomic E-state index is 0.0115. The Hall–Kier alpha value is -3.22. The van der Waals surface area contributed by atoms with E-state index in [0.29, 0.717) is 16.8 Å². The summed E-state index contributed by atoms with van der Waals surface area (Å²) in [4.78, 5) is 23.9. The number of halogens is 2. The molecule has 1 aliphatic rings. The van der Waals surface area contributed by atoms with Crippen molar-refractivity contribution in [2.75, 3.05) is 5.32 Å². The Morgan fingerprint density at radius 3 is 2.44 bits per heavy atom. The van der Waals surface area contributed by atoms with Crippen LogP contribution in [0.2, 0.25) is 0 Å². The van der Waals surface area contributed by atoms with Crippen LogP contribution in [0.4, 0.5) is 14.5 Å². The first-order chi connectivity index (χ1) is 13.0. The van der Waals surface area contributed by atoms with Gasteiger partial charge in [-0.3, -0.25) is 9.59 Å². The molecule has 2 amide bonds. The first kappa shape index (κ1) is 18.6. The van der Waals surface area contributed by atoms with Gasteiger partial charge in [-0.1, -0.05) is 18.2 Å². The molecule has 7 heteroatoms. The predicted octanol–water partition coefficient (Wildman–Crippen LogP) is 3.83. The van der Waals surface area contributed by atoms with Crippen molar-refractivity contribution in [1.29, 1.82) is 0 Å². The minimum Gasteiger partial charge on any atom is -0.434 e. The van der Waals surface area contributed by atoms with E-state index in [2.05, 4.69) is 15.4 Å². The van der Waals surface area contributed by atoms with E-state index in [4.69, 9.17) is 0 Å². The van der Waals surface area contributed by atoms with E-state index in [9.17, 15) is 18.4 Å². The number of amides is 2. The molecule has 140 valence electrons. The fraction of sp³-hybridized carbons (Fsp3) is 0.200. The monoisotopic (exact) mass is 372 g/mol. The lowest BCUT2D eigenvalue weighted by Gasteiger charge is -2.07. The number of hydrogen-bond donors (Lipinski definition) is 2. The maximum absolute atomic E-state index is 12.4. The fourth-order valence-electron chi connectivity index (χ4n) is 2.37. The van der Waals surface area contributed by atoms with Gasteiger partial charge in [0.15, 0.2) is 0 Å². The second kappa shape index (κ2) is 8.44. The lowest BCUT2D eigenvalue weighted by molar-refractivity contribution is -0.111. The largest absolute Gasteiger partial charge is 0.434 e. The number of hydrogen-bond acceptors (Lipinski definition) is 3. The van der Waals surface area contributed by atoms with Crippen molar-refractivity contribution >= 4 is 23.6 Å². The van der Waals surface area contributed by atoms with Crippen molar-refractivity contribution in [3.05, 3.63) is 65.7 Å². The molecule has 5 nitrogen and oxygen atoms in total. The second-order valence-electron chi connectivity index (χ2n) is 6.06. The highest BCUT2D eigenvalue weighted by Crippen LogP contribution is 2.22. The number of benzene rings is 2. The molecule has 0 heterocycles. The van der Waals surface area contributed by atoms with Gasteiger partial charge in [0, 0.05) is 28.9 Å². The SMILES string of the molecule is O=C(C=Cc1ccccc1OC(F)F)Nc1ccc(C(=O)NC2CC2)cc1. The third-order valence-electron chi connectivity index (χ3n) is 3.88. The van der Waals surface area contributed by atoms with Crippen LogP contribution >= 0.6 is 0 Å². The lowest BCUT2D eigenvalue weighted by atomic mass is 10.1. The Morgan fingerprint density at radius 2 is 1.78 bits per heavy atom. The highest BCUT2D eigenvalue weighted by atomic mass is 19.3. The van der Waals surface area contributed by atoms with E-state index < -0.39 is 12.5 Å². The number of ether oxygens (including phenoxy) is 1.